The number of nitrogen functional groups attached to an aromatic ring is 2. The first-order valence-corrected chi connectivity index (χ1v) is 6.97. The van der Waals surface area contributed by atoms with E-state index in [9.17, 15) is 0 Å². The van der Waals surface area contributed by atoms with E-state index in [1.165, 1.54) is 11.3 Å². The second-order valence-corrected chi connectivity index (χ2v) is 5.18. The average molecular weight is 285 g/mol. The molecule has 1 aliphatic heterocycles. The molecule has 1 unspecified atom stereocenters. The summed E-state index contributed by atoms with van der Waals surface area (Å²) in [4.78, 5) is 14.3. The van der Waals surface area contributed by atoms with E-state index in [2.05, 4.69) is 38.1 Å². The molecule has 3 rings (SSSR count). The Morgan fingerprint density at radius 3 is 2.52 bits per heavy atom. The lowest BCUT2D eigenvalue weighted by Crippen LogP contribution is -2.24. The molecule has 0 radical (unpaired) electrons. The predicted octanol–water partition coefficient (Wildman–Crippen LogP) is 0.489. The van der Waals surface area contributed by atoms with Gasteiger partial charge in [-0.1, -0.05) is 18.2 Å². The Balaban J connectivity index is 1.86. The minimum absolute atomic E-state index is 0.156. The fourth-order valence-electron chi connectivity index (χ4n) is 2.88. The molecular formula is C14H19N7. The molecule has 0 saturated carbocycles. The van der Waals surface area contributed by atoms with Gasteiger partial charge in [-0.2, -0.15) is 15.0 Å². The van der Waals surface area contributed by atoms with Gasteiger partial charge in [-0.05, 0) is 24.6 Å². The van der Waals surface area contributed by atoms with Crippen LogP contribution >= 0.6 is 0 Å². The van der Waals surface area contributed by atoms with Crippen LogP contribution in [-0.2, 0) is 6.54 Å². The van der Waals surface area contributed by atoms with Crippen LogP contribution in [0.4, 0.5) is 17.6 Å². The largest absolute Gasteiger partial charge is 0.368 e. The average Bonchev–Trinajstić information content (AvgIpc) is 2.77. The molecule has 6 N–H and O–H groups in total. The number of fused-ring (bicyclic) bond motifs is 1. The van der Waals surface area contributed by atoms with E-state index in [0.717, 1.165) is 13.0 Å². The van der Waals surface area contributed by atoms with E-state index < -0.39 is 0 Å². The zero-order valence-electron chi connectivity index (χ0n) is 11.7. The number of nitrogens with zero attached hydrogens (tertiary/aromatic N) is 4. The minimum Gasteiger partial charge on any atom is -0.368 e. The minimum atomic E-state index is 0.156. The molecule has 7 heteroatoms. The van der Waals surface area contributed by atoms with Gasteiger partial charge in [0.2, 0.25) is 11.9 Å². The molecule has 1 atom stereocenters. The molecule has 2 heterocycles. The van der Waals surface area contributed by atoms with Gasteiger partial charge in [0.05, 0.1) is 6.54 Å². The van der Waals surface area contributed by atoms with Gasteiger partial charge in [-0.15, -0.1) is 0 Å². The highest BCUT2D eigenvalue weighted by Gasteiger charge is 2.28. The van der Waals surface area contributed by atoms with E-state index >= 15 is 0 Å². The molecule has 7 nitrogen and oxygen atoms in total. The van der Waals surface area contributed by atoms with Crippen molar-refractivity contribution in [3.05, 3.63) is 35.7 Å². The molecule has 0 saturated heterocycles. The SMILES string of the molecule is NCCC1CN(Cc2nc(N)nc(N)n2)c2ccccc21. The third kappa shape index (κ3) is 2.73. The Morgan fingerprint density at radius 2 is 1.81 bits per heavy atom. The van der Waals surface area contributed by atoms with Crippen LogP contribution in [0.5, 0.6) is 0 Å². The fourth-order valence-corrected chi connectivity index (χ4v) is 2.88. The van der Waals surface area contributed by atoms with Crippen molar-refractivity contribution < 1.29 is 0 Å². The maximum atomic E-state index is 5.72. The number of anilines is 3. The first-order chi connectivity index (χ1) is 10.2. The van der Waals surface area contributed by atoms with E-state index in [4.69, 9.17) is 17.2 Å². The van der Waals surface area contributed by atoms with E-state index in [1.807, 2.05) is 6.07 Å². The molecule has 110 valence electrons. The van der Waals surface area contributed by atoms with Crippen LogP contribution in [0.15, 0.2) is 24.3 Å². The third-order valence-corrected chi connectivity index (χ3v) is 3.72. The monoisotopic (exact) mass is 285 g/mol. The van der Waals surface area contributed by atoms with Gasteiger partial charge in [0, 0.05) is 18.2 Å². The summed E-state index contributed by atoms with van der Waals surface area (Å²) >= 11 is 0. The Kier molecular flexibility index (Phi) is 3.57. The Hall–Kier alpha value is -2.41. The van der Waals surface area contributed by atoms with Crippen LogP contribution in [0.25, 0.3) is 0 Å². The molecule has 1 aromatic carbocycles. The zero-order valence-corrected chi connectivity index (χ0v) is 11.7. The van der Waals surface area contributed by atoms with Crippen molar-refractivity contribution in [1.82, 2.24) is 15.0 Å². The van der Waals surface area contributed by atoms with Gasteiger partial charge >= 0.3 is 0 Å². The molecule has 2 aromatic rings. The fraction of sp³-hybridized carbons (Fsp3) is 0.357. The first-order valence-electron chi connectivity index (χ1n) is 6.97. The van der Waals surface area contributed by atoms with Crippen molar-refractivity contribution in [2.24, 2.45) is 5.73 Å². The molecule has 1 aliphatic rings. The second kappa shape index (κ2) is 5.53. The van der Waals surface area contributed by atoms with Crippen LogP contribution < -0.4 is 22.1 Å². The summed E-state index contributed by atoms with van der Waals surface area (Å²) in [6.07, 6.45) is 0.967. The van der Waals surface area contributed by atoms with Crippen molar-refractivity contribution in [1.29, 1.82) is 0 Å². The van der Waals surface area contributed by atoms with Crippen molar-refractivity contribution >= 4 is 17.6 Å². The van der Waals surface area contributed by atoms with Crippen molar-refractivity contribution in [2.45, 2.75) is 18.9 Å². The lowest BCUT2D eigenvalue weighted by atomic mass is 9.98. The van der Waals surface area contributed by atoms with Crippen LogP contribution in [0.1, 0.15) is 23.7 Å². The smallest absolute Gasteiger partial charge is 0.225 e. The van der Waals surface area contributed by atoms with Crippen molar-refractivity contribution in [3.8, 4) is 0 Å². The number of hydrogen-bond donors (Lipinski definition) is 3. The van der Waals surface area contributed by atoms with Crippen molar-refractivity contribution in [3.63, 3.8) is 0 Å². The van der Waals surface area contributed by atoms with Gasteiger partial charge < -0.3 is 22.1 Å². The molecule has 0 spiro atoms. The molecule has 0 bridgehead atoms. The van der Waals surface area contributed by atoms with Crippen LogP contribution in [0.3, 0.4) is 0 Å². The summed E-state index contributed by atoms with van der Waals surface area (Å²) in [6, 6.07) is 8.36. The maximum Gasteiger partial charge on any atom is 0.225 e. The molecule has 0 amide bonds. The highest BCUT2D eigenvalue weighted by Crippen LogP contribution is 2.38. The number of para-hydroxylation sites is 1. The van der Waals surface area contributed by atoms with Crippen LogP contribution in [0.2, 0.25) is 0 Å². The van der Waals surface area contributed by atoms with E-state index in [1.54, 1.807) is 0 Å². The lowest BCUT2D eigenvalue weighted by molar-refractivity contribution is 0.637. The number of benzene rings is 1. The van der Waals surface area contributed by atoms with Gasteiger partial charge in [-0.25, -0.2) is 0 Å². The molecule has 21 heavy (non-hydrogen) atoms. The summed E-state index contributed by atoms with van der Waals surface area (Å²) in [5.74, 6) is 1.35. The van der Waals surface area contributed by atoms with E-state index in [-0.39, 0.29) is 11.9 Å². The van der Waals surface area contributed by atoms with Crippen LogP contribution in [0, 0.1) is 0 Å². The molecule has 1 aromatic heterocycles. The summed E-state index contributed by atoms with van der Waals surface area (Å²) in [5, 5.41) is 0. The Labute approximate surface area is 123 Å². The summed E-state index contributed by atoms with van der Waals surface area (Å²) in [6.45, 7) is 2.15. The van der Waals surface area contributed by atoms with Crippen LogP contribution in [-0.4, -0.2) is 28.0 Å². The topological polar surface area (TPSA) is 120 Å². The number of hydrogen-bond acceptors (Lipinski definition) is 7. The standard InChI is InChI=1S/C14H19N7/c15-6-5-9-7-21(11-4-2-1-3-10(9)11)8-12-18-13(16)20-14(17)19-12/h1-4,9H,5-8,15H2,(H4,16,17,18,19,20). The normalized spacial score (nSPS) is 17.0. The Bertz CT molecular complexity index is 623. The lowest BCUT2D eigenvalue weighted by Gasteiger charge is -2.19. The van der Waals surface area contributed by atoms with Crippen molar-refractivity contribution in [2.75, 3.05) is 29.5 Å². The molecule has 0 fully saturated rings. The summed E-state index contributed by atoms with van der Waals surface area (Å²) < 4.78 is 0. The number of rotatable bonds is 4. The van der Waals surface area contributed by atoms with E-state index in [0.29, 0.717) is 24.8 Å². The first kappa shape index (κ1) is 13.6. The maximum absolute atomic E-state index is 5.72. The van der Waals surface area contributed by atoms with Gasteiger partial charge in [0.15, 0.2) is 5.82 Å². The zero-order chi connectivity index (χ0) is 14.8. The highest BCUT2D eigenvalue weighted by atomic mass is 15.2. The molecule has 0 aliphatic carbocycles. The van der Waals surface area contributed by atoms with Gasteiger partial charge in [-0.3, -0.25) is 0 Å². The summed E-state index contributed by atoms with van der Waals surface area (Å²) in [5.41, 5.74) is 19.5. The predicted molar refractivity (Wildman–Crippen MR) is 82.6 cm³/mol. The quantitative estimate of drug-likeness (QED) is 0.747. The number of nitrogens with two attached hydrogens (primary N) is 3. The van der Waals surface area contributed by atoms with Gasteiger partial charge in [0.25, 0.3) is 0 Å². The summed E-state index contributed by atoms with van der Waals surface area (Å²) in [7, 11) is 0. The second-order valence-electron chi connectivity index (χ2n) is 5.18. The highest BCUT2D eigenvalue weighted by molar-refractivity contribution is 5.60. The molecular weight excluding hydrogens is 266 g/mol. The Morgan fingerprint density at radius 1 is 1.10 bits per heavy atom. The number of aromatic nitrogens is 3. The third-order valence-electron chi connectivity index (χ3n) is 3.72. The van der Waals surface area contributed by atoms with Gasteiger partial charge in [0.1, 0.15) is 0 Å².